The maximum absolute atomic E-state index is 2.56. The fourth-order valence-electron chi connectivity index (χ4n) is 2.64. The van der Waals surface area contributed by atoms with Crippen LogP contribution in [0.1, 0.15) is 47.0 Å². The molecule has 0 N–H and O–H groups in total. The van der Waals surface area contributed by atoms with Crippen LogP contribution in [0.5, 0.6) is 0 Å². The molecule has 0 heterocycles. The zero-order chi connectivity index (χ0) is 10.7. The van der Waals surface area contributed by atoms with Crippen LogP contribution in [-0.2, 0) is 0 Å². The van der Waals surface area contributed by atoms with Crippen molar-refractivity contribution < 1.29 is 0 Å². The average molecular weight is 197 g/mol. The molecule has 0 aromatic rings. The largest absolute Gasteiger partial charge is 0.303 e. The van der Waals surface area contributed by atoms with E-state index in [0.717, 1.165) is 23.8 Å². The summed E-state index contributed by atoms with van der Waals surface area (Å²) in [6.07, 6.45) is 4.33. The Balaban J connectivity index is 2.14. The van der Waals surface area contributed by atoms with E-state index in [-0.39, 0.29) is 0 Å². The SMILES string of the molecule is CC(C)CC1CC(N(C)CC(C)C)C1. The number of hydrogen-bond acceptors (Lipinski definition) is 1. The van der Waals surface area contributed by atoms with Crippen LogP contribution in [0.3, 0.4) is 0 Å². The van der Waals surface area contributed by atoms with Crippen molar-refractivity contribution in [1.82, 2.24) is 4.90 Å². The fraction of sp³-hybridized carbons (Fsp3) is 1.00. The van der Waals surface area contributed by atoms with Gasteiger partial charge in [0, 0.05) is 12.6 Å². The summed E-state index contributed by atoms with van der Waals surface area (Å²) >= 11 is 0. The van der Waals surface area contributed by atoms with E-state index >= 15 is 0 Å². The first-order valence-electron chi connectivity index (χ1n) is 6.19. The summed E-state index contributed by atoms with van der Waals surface area (Å²) < 4.78 is 0. The van der Waals surface area contributed by atoms with Crippen molar-refractivity contribution in [3.8, 4) is 0 Å². The molecule has 14 heavy (non-hydrogen) atoms. The molecule has 0 aromatic heterocycles. The van der Waals surface area contributed by atoms with Crippen molar-refractivity contribution >= 4 is 0 Å². The molecule has 1 fully saturated rings. The minimum atomic E-state index is 0.809. The Labute approximate surface area is 89.9 Å². The van der Waals surface area contributed by atoms with Gasteiger partial charge in [0.25, 0.3) is 0 Å². The van der Waals surface area contributed by atoms with Crippen LogP contribution < -0.4 is 0 Å². The van der Waals surface area contributed by atoms with Gasteiger partial charge in [-0.25, -0.2) is 0 Å². The smallest absolute Gasteiger partial charge is 0.00976 e. The summed E-state index contributed by atoms with van der Waals surface area (Å²) in [5.41, 5.74) is 0. The van der Waals surface area contributed by atoms with Crippen molar-refractivity contribution in [3.05, 3.63) is 0 Å². The summed E-state index contributed by atoms with van der Waals surface area (Å²) in [5.74, 6) is 2.72. The van der Waals surface area contributed by atoms with Crippen LogP contribution in [0.4, 0.5) is 0 Å². The average Bonchev–Trinajstić information content (AvgIpc) is 1.93. The van der Waals surface area contributed by atoms with Crippen molar-refractivity contribution in [2.24, 2.45) is 17.8 Å². The molecule has 1 heteroatoms. The highest BCUT2D eigenvalue weighted by Crippen LogP contribution is 2.35. The molecule has 0 atom stereocenters. The molecule has 1 aliphatic carbocycles. The van der Waals surface area contributed by atoms with E-state index in [4.69, 9.17) is 0 Å². The van der Waals surface area contributed by atoms with Crippen molar-refractivity contribution in [3.63, 3.8) is 0 Å². The van der Waals surface area contributed by atoms with E-state index in [1.54, 1.807) is 0 Å². The van der Waals surface area contributed by atoms with Crippen LogP contribution in [0.25, 0.3) is 0 Å². The normalized spacial score (nSPS) is 27.4. The third-order valence-electron chi connectivity index (χ3n) is 3.29. The minimum absolute atomic E-state index is 0.809. The van der Waals surface area contributed by atoms with E-state index in [0.29, 0.717) is 0 Å². The molecular formula is C13H27N. The van der Waals surface area contributed by atoms with E-state index in [1.165, 1.54) is 25.8 Å². The van der Waals surface area contributed by atoms with Gasteiger partial charge in [-0.05, 0) is 44.1 Å². The molecule has 0 saturated heterocycles. The summed E-state index contributed by atoms with van der Waals surface area (Å²) in [7, 11) is 2.29. The van der Waals surface area contributed by atoms with Crippen LogP contribution in [0.15, 0.2) is 0 Å². The second-order valence-corrected chi connectivity index (χ2v) is 5.95. The summed E-state index contributed by atoms with van der Waals surface area (Å²) in [6, 6.07) is 0.890. The maximum Gasteiger partial charge on any atom is 0.00976 e. The number of nitrogens with zero attached hydrogens (tertiary/aromatic N) is 1. The highest BCUT2D eigenvalue weighted by Gasteiger charge is 2.31. The molecule has 1 rings (SSSR count). The molecular weight excluding hydrogens is 170 g/mol. The Morgan fingerprint density at radius 3 is 2.07 bits per heavy atom. The minimum Gasteiger partial charge on any atom is -0.303 e. The predicted octanol–water partition coefficient (Wildman–Crippen LogP) is 3.40. The summed E-state index contributed by atoms with van der Waals surface area (Å²) in [6.45, 7) is 10.6. The third-order valence-corrected chi connectivity index (χ3v) is 3.29. The Kier molecular flexibility index (Phi) is 4.43. The van der Waals surface area contributed by atoms with Gasteiger partial charge in [0.2, 0.25) is 0 Å². The predicted molar refractivity (Wildman–Crippen MR) is 63.4 cm³/mol. The zero-order valence-electron chi connectivity index (χ0n) is 10.6. The van der Waals surface area contributed by atoms with Gasteiger partial charge >= 0.3 is 0 Å². The maximum atomic E-state index is 2.56. The van der Waals surface area contributed by atoms with Crippen molar-refractivity contribution in [2.75, 3.05) is 13.6 Å². The zero-order valence-corrected chi connectivity index (χ0v) is 10.6. The van der Waals surface area contributed by atoms with Gasteiger partial charge in [-0.15, -0.1) is 0 Å². The van der Waals surface area contributed by atoms with E-state index in [1.807, 2.05) is 0 Å². The van der Waals surface area contributed by atoms with Crippen LogP contribution in [-0.4, -0.2) is 24.5 Å². The van der Waals surface area contributed by atoms with Crippen molar-refractivity contribution in [2.45, 2.75) is 53.0 Å². The molecule has 0 radical (unpaired) electrons. The molecule has 0 spiro atoms. The van der Waals surface area contributed by atoms with Crippen LogP contribution in [0.2, 0.25) is 0 Å². The Bertz CT molecular complexity index is 157. The Morgan fingerprint density at radius 1 is 1.07 bits per heavy atom. The monoisotopic (exact) mass is 197 g/mol. The lowest BCUT2D eigenvalue weighted by Gasteiger charge is -2.42. The van der Waals surface area contributed by atoms with E-state index in [9.17, 15) is 0 Å². The van der Waals surface area contributed by atoms with Gasteiger partial charge in [0.1, 0.15) is 0 Å². The van der Waals surface area contributed by atoms with Gasteiger partial charge in [-0.3, -0.25) is 0 Å². The molecule has 84 valence electrons. The topological polar surface area (TPSA) is 3.24 Å². The quantitative estimate of drug-likeness (QED) is 0.653. The molecule has 0 amide bonds. The van der Waals surface area contributed by atoms with Crippen LogP contribution in [0, 0.1) is 17.8 Å². The Morgan fingerprint density at radius 2 is 1.64 bits per heavy atom. The van der Waals surface area contributed by atoms with Crippen molar-refractivity contribution in [1.29, 1.82) is 0 Å². The third kappa shape index (κ3) is 3.61. The molecule has 0 bridgehead atoms. The molecule has 0 aromatic carbocycles. The first-order chi connectivity index (χ1) is 6.49. The lowest BCUT2D eigenvalue weighted by atomic mass is 9.75. The second-order valence-electron chi connectivity index (χ2n) is 5.95. The number of rotatable bonds is 5. The van der Waals surface area contributed by atoms with E-state index < -0.39 is 0 Å². The van der Waals surface area contributed by atoms with Crippen LogP contribution >= 0.6 is 0 Å². The first kappa shape index (κ1) is 12.0. The van der Waals surface area contributed by atoms with Gasteiger partial charge in [-0.2, -0.15) is 0 Å². The molecule has 0 unspecified atom stereocenters. The highest BCUT2D eigenvalue weighted by molar-refractivity contribution is 4.86. The van der Waals surface area contributed by atoms with Gasteiger partial charge < -0.3 is 4.90 Å². The highest BCUT2D eigenvalue weighted by atomic mass is 15.1. The lowest BCUT2D eigenvalue weighted by Crippen LogP contribution is -2.44. The molecule has 0 aliphatic heterocycles. The molecule has 1 saturated carbocycles. The Hall–Kier alpha value is -0.0400. The number of hydrogen-bond donors (Lipinski definition) is 0. The standard InChI is InChI=1S/C13H27N/c1-10(2)6-12-7-13(8-12)14(5)9-11(3)4/h10-13H,6-9H2,1-5H3. The summed E-state index contributed by atoms with van der Waals surface area (Å²) in [4.78, 5) is 2.56. The second kappa shape index (κ2) is 5.16. The van der Waals surface area contributed by atoms with E-state index in [2.05, 4.69) is 39.6 Å². The first-order valence-corrected chi connectivity index (χ1v) is 6.19. The van der Waals surface area contributed by atoms with Gasteiger partial charge in [-0.1, -0.05) is 27.7 Å². The van der Waals surface area contributed by atoms with Gasteiger partial charge in [0.15, 0.2) is 0 Å². The molecule has 1 nitrogen and oxygen atoms in total. The van der Waals surface area contributed by atoms with Gasteiger partial charge in [0.05, 0.1) is 0 Å². The summed E-state index contributed by atoms with van der Waals surface area (Å²) in [5, 5.41) is 0. The fourth-order valence-corrected chi connectivity index (χ4v) is 2.64. The lowest BCUT2D eigenvalue weighted by molar-refractivity contribution is 0.0800. The molecule has 1 aliphatic rings.